The van der Waals surface area contributed by atoms with Crippen molar-refractivity contribution in [2.75, 3.05) is 32.7 Å². The van der Waals surface area contributed by atoms with Crippen molar-refractivity contribution in [2.24, 2.45) is 0 Å². The van der Waals surface area contributed by atoms with Crippen LogP contribution in [0, 0.1) is 6.92 Å². The van der Waals surface area contributed by atoms with Gasteiger partial charge in [0.05, 0.1) is 11.4 Å². The molecule has 120 valence electrons. The van der Waals surface area contributed by atoms with Gasteiger partial charge in [-0.15, -0.1) is 0 Å². The van der Waals surface area contributed by atoms with Gasteiger partial charge in [-0.3, -0.25) is 5.10 Å². The van der Waals surface area contributed by atoms with E-state index in [2.05, 4.69) is 25.1 Å². The molecule has 1 aromatic rings. The van der Waals surface area contributed by atoms with Crippen molar-refractivity contribution >= 4 is 10.0 Å². The Balaban J connectivity index is 1.99. The van der Waals surface area contributed by atoms with Crippen molar-refractivity contribution in [1.29, 1.82) is 0 Å². The van der Waals surface area contributed by atoms with Crippen LogP contribution in [0.25, 0.3) is 0 Å². The molecule has 0 radical (unpaired) electrons. The monoisotopic (exact) mass is 315 g/mol. The predicted octanol–water partition coefficient (Wildman–Crippen LogP) is 0.202. The van der Waals surface area contributed by atoms with Gasteiger partial charge in [0.2, 0.25) is 10.0 Å². The molecule has 8 heteroatoms. The van der Waals surface area contributed by atoms with Crippen LogP contribution in [0.4, 0.5) is 0 Å². The number of nitrogens with one attached hydrogen (secondary N) is 3. The quantitative estimate of drug-likeness (QED) is 0.638. The standard InChI is InChI=1S/C13H25N5O2S/c1-3-14-10-12-13(11(2)16-17-12)21(19,20)15-6-9-18-7-4-5-8-18/h14-15H,3-10H2,1-2H3,(H,16,17). The molecule has 21 heavy (non-hydrogen) atoms. The van der Waals surface area contributed by atoms with E-state index in [1.165, 1.54) is 12.8 Å². The molecule has 0 aliphatic carbocycles. The summed E-state index contributed by atoms with van der Waals surface area (Å²) in [6.45, 7) is 8.26. The third-order valence-electron chi connectivity index (χ3n) is 3.69. The van der Waals surface area contributed by atoms with E-state index in [4.69, 9.17) is 0 Å². The molecule has 0 spiro atoms. The Labute approximate surface area is 126 Å². The van der Waals surface area contributed by atoms with E-state index in [1.54, 1.807) is 6.92 Å². The molecule has 1 saturated heterocycles. The smallest absolute Gasteiger partial charge is 0.244 e. The minimum absolute atomic E-state index is 0.282. The SMILES string of the molecule is CCNCc1n[nH]c(C)c1S(=O)(=O)NCCN1CCCC1. The average Bonchev–Trinajstić information content (AvgIpc) is 3.06. The highest BCUT2D eigenvalue weighted by molar-refractivity contribution is 7.89. The zero-order valence-electron chi connectivity index (χ0n) is 12.8. The van der Waals surface area contributed by atoms with Crippen LogP contribution >= 0.6 is 0 Å². The first-order valence-corrected chi connectivity index (χ1v) is 8.99. The molecule has 3 N–H and O–H groups in total. The molecule has 0 aromatic carbocycles. The maximum atomic E-state index is 12.5. The number of aryl methyl sites for hydroxylation is 1. The van der Waals surface area contributed by atoms with Crippen molar-refractivity contribution in [3.8, 4) is 0 Å². The van der Waals surface area contributed by atoms with E-state index in [-0.39, 0.29) is 4.90 Å². The molecule has 1 fully saturated rings. The topological polar surface area (TPSA) is 90.1 Å². The summed E-state index contributed by atoms with van der Waals surface area (Å²) in [5, 5.41) is 9.96. The number of hydrogen-bond donors (Lipinski definition) is 3. The number of H-pyrrole nitrogens is 1. The molecular formula is C13H25N5O2S. The van der Waals surface area contributed by atoms with Gasteiger partial charge in [0, 0.05) is 19.6 Å². The van der Waals surface area contributed by atoms with Gasteiger partial charge in [0.25, 0.3) is 0 Å². The van der Waals surface area contributed by atoms with E-state index >= 15 is 0 Å². The molecule has 0 bridgehead atoms. The summed E-state index contributed by atoms with van der Waals surface area (Å²) < 4.78 is 27.6. The second kappa shape index (κ2) is 7.35. The van der Waals surface area contributed by atoms with Gasteiger partial charge in [-0.25, -0.2) is 13.1 Å². The summed E-state index contributed by atoms with van der Waals surface area (Å²) >= 11 is 0. The van der Waals surface area contributed by atoms with Crippen LogP contribution in [0.15, 0.2) is 4.90 Å². The first-order valence-electron chi connectivity index (χ1n) is 7.51. The lowest BCUT2D eigenvalue weighted by atomic mass is 10.3. The normalized spacial score (nSPS) is 16.7. The zero-order chi connectivity index (χ0) is 15.3. The van der Waals surface area contributed by atoms with Crippen LogP contribution in [-0.2, 0) is 16.6 Å². The van der Waals surface area contributed by atoms with Gasteiger partial charge in [0.1, 0.15) is 4.90 Å². The van der Waals surface area contributed by atoms with Crippen LogP contribution in [0.5, 0.6) is 0 Å². The van der Waals surface area contributed by atoms with Crippen LogP contribution in [-0.4, -0.2) is 56.2 Å². The Hall–Kier alpha value is -0.960. The molecule has 2 heterocycles. The van der Waals surface area contributed by atoms with Gasteiger partial charge in [-0.05, 0) is 39.4 Å². The largest absolute Gasteiger partial charge is 0.311 e. The van der Waals surface area contributed by atoms with Gasteiger partial charge in [-0.1, -0.05) is 6.92 Å². The fourth-order valence-electron chi connectivity index (χ4n) is 2.61. The number of aromatic nitrogens is 2. The first-order chi connectivity index (χ1) is 10.0. The Kier molecular flexibility index (Phi) is 5.74. The Morgan fingerprint density at radius 2 is 2.05 bits per heavy atom. The van der Waals surface area contributed by atoms with E-state index in [1.807, 2.05) is 6.92 Å². The molecule has 0 amide bonds. The summed E-state index contributed by atoms with van der Waals surface area (Å²) in [7, 11) is -3.51. The third-order valence-corrected chi connectivity index (χ3v) is 5.35. The number of likely N-dealkylation sites (tertiary alicyclic amines) is 1. The lowest BCUT2D eigenvalue weighted by Gasteiger charge is -2.15. The van der Waals surface area contributed by atoms with Gasteiger partial charge in [-0.2, -0.15) is 5.10 Å². The first kappa shape index (κ1) is 16.4. The summed E-state index contributed by atoms with van der Waals surface area (Å²) in [5.74, 6) is 0. The number of aromatic amines is 1. The minimum atomic E-state index is -3.51. The second-order valence-corrected chi connectivity index (χ2v) is 7.06. The summed E-state index contributed by atoms with van der Waals surface area (Å²) in [4.78, 5) is 2.56. The maximum absolute atomic E-state index is 12.5. The zero-order valence-corrected chi connectivity index (χ0v) is 13.6. The van der Waals surface area contributed by atoms with Crippen molar-refractivity contribution in [3.63, 3.8) is 0 Å². The average molecular weight is 315 g/mol. The Morgan fingerprint density at radius 1 is 1.33 bits per heavy atom. The minimum Gasteiger partial charge on any atom is -0.311 e. The predicted molar refractivity (Wildman–Crippen MR) is 81.6 cm³/mol. The lowest BCUT2D eigenvalue weighted by Crippen LogP contribution is -2.34. The Morgan fingerprint density at radius 3 is 2.71 bits per heavy atom. The lowest BCUT2D eigenvalue weighted by molar-refractivity contribution is 0.344. The number of sulfonamides is 1. The highest BCUT2D eigenvalue weighted by Crippen LogP contribution is 2.17. The summed E-state index contributed by atoms with van der Waals surface area (Å²) in [5.41, 5.74) is 1.12. The van der Waals surface area contributed by atoms with Crippen molar-refractivity contribution < 1.29 is 8.42 Å². The van der Waals surface area contributed by atoms with Gasteiger partial charge in [0.15, 0.2) is 0 Å². The molecule has 7 nitrogen and oxygen atoms in total. The highest BCUT2D eigenvalue weighted by atomic mass is 32.2. The fraction of sp³-hybridized carbons (Fsp3) is 0.769. The van der Waals surface area contributed by atoms with Crippen molar-refractivity contribution in [3.05, 3.63) is 11.4 Å². The molecule has 0 unspecified atom stereocenters. The van der Waals surface area contributed by atoms with Crippen LogP contribution in [0.3, 0.4) is 0 Å². The molecule has 2 rings (SSSR count). The van der Waals surface area contributed by atoms with Crippen molar-refractivity contribution in [2.45, 2.75) is 38.1 Å². The molecule has 1 aliphatic rings. The molecule has 1 aromatic heterocycles. The summed E-state index contributed by atoms with van der Waals surface area (Å²) in [6, 6.07) is 0. The highest BCUT2D eigenvalue weighted by Gasteiger charge is 2.24. The second-order valence-electron chi connectivity index (χ2n) is 5.35. The van der Waals surface area contributed by atoms with Crippen molar-refractivity contribution in [1.82, 2.24) is 25.1 Å². The van der Waals surface area contributed by atoms with E-state index in [0.29, 0.717) is 24.5 Å². The van der Waals surface area contributed by atoms with E-state index in [0.717, 1.165) is 26.2 Å². The maximum Gasteiger partial charge on any atom is 0.244 e. The third kappa shape index (κ3) is 4.26. The van der Waals surface area contributed by atoms with Crippen LogP contribution < -0.4 is 10.0 Å². The fourth-order valence-corrected chi connectivity index (χ4v) is 3.99. The molecule has 0 saturated carbocycles. The molecular weight excluding hydrogens is 290 g/mol. The number of rotatable bonds is 8. The molecule has 0 atom stereocenters. The van der Waals surface area contributed by atoms with E-state index < -0.39 is 10.0 Å². The Bertz CT molecular complexity index is 549. The number of nitrogens with zero attached hydrogens (tertiary/aromatic N) is 2. The van der Waals surface area contributed by atoms with Crippen LogP contribution in [0.2, 0.25) is 0 Å². The van der Waals surface area contributed by atoms with E-state index in [9.17, 15) is 8.42 Å². The summed E-state index contributed by atoms with van der Waals surface area (Å²) in [6.07, 6.45) is 2.42. The van der Waals surface area contributed by atoms with Gasteiger partial charge >= 0.3 is 0 Å². The number of hydrogen-bond acceptors (Lipinski definition) is 5. The van der Waals surface area contributed by atoms with Crippen LogP contribution in [0.1, 0.15) is 31.2 Å². The molecule has 1 aliphatic heterocycles. The van der Waals surface area contributed by atoms with Gasteiger partial charge < -0.3 is 10.2 Å².